The van der Waals surface area contributed by atoms with Gasteiger partial charge in [0.05, 0.1) is 5.02 Å². The zero-order chi connectivity index (χ0) is 15.5. The Balaban J connectivity index is 2.12. The molecular formula is C17H19ClN4. The Hall–Kier alpha value is -1.91. The van der Waals surface area contributed by atoms with Crippen molar-refractivity contribution in [2.24, 2.45) is 5.73 Å². The highest BCUT2D eigenvalue weighted by Gasteiger charge is 2.14. The number of aromatic nitrogens is 3. The van der Waals surface area contributed by atoms with Crippen LogP contribution >= 0.6 is 11.6 Å². The molecule has 4 nitrogen and oxygen atoms in total. The van der Waals surface area contributed by atoms with Gasteiger partial charge >= 0.3 is 0 Å². The summed E-state index contributed by atoms with van der Waals surface area (Å²) in [6.07, 6.45) is 3.66. The van der Waals surface area contributed by atoms with Crippen molar-refractivity contribution in [2.75, 3.05) is 6.54 Å². The first-order valence-corrected chi connectivity index (χ1v) is 7.86. The molecule has 0 aliphatic heterocycles. The standard InChI is InChI=1S/C17H19ClN4/c1-12-5-4-6-13(9-12)16-21-15-10-14(18)11-20-17(15)22(16)8-3-2-7-19/h4-6,9-11H,2-3,7-8,19H2,1H3. The summed E-state index contributed by atoms with van der Waals surface area (Å²) in [7, 11) is 0. The van der Waals surface area contributed by atoms with Crippen LogP contribution in [0, 0.1) is 6.92 Å². The van der Waals surface area contributed by atoms with E-state index in [9.17, 15) is 0 Å². The quantitative estimate of drug-likeness (QED) is 0.729. The fourth-order valence-electron chi connectivity index (χ4n) is 2.62. The number of nitrogens with two attached hydrogens (primary N) is 1. The predicted molar refractivity (Wildman–Crippen MR) is 91.0 cm³/mol. The van der Waals surface area contributed by atoms with Gasteiger partial charge in [-0.25, -0.2) is 9.97 Å². The minimum absolute atomic E-state index is 0.606. The normalized spacial score (nSPS) is 11.2. The minimum Gasteiger partial charge on any atom is -0.330 e. The number of imidazole rings is 1. The lowest BCUT2D eigenvalue weighted by atomic mass is 10.1. The Labute approximate surface area is 134 Å². The molecule has 2 N–H and O–H groups in total. The third-order valence-electron chi connectivity index (χ3n) is 3.66. The van der Waals surface area contributed by atoms with E-state index >= 15 is 0 Å². The molecular weight excluding hydrogens is 296 g/mol. The lowest BCUT2D eigenvalue weighted by Crippen LogP contribution is -2.05. The Morgan fingerprint density at radius 1 is 1.23 bits per heavy atom. The second-order valence-corrected chi connectivity index (χ2v) is 5.89. The van der Waals surface area contributed by atoms with Gasteiger partial charge in [0, 0.05) is 18.3 Å². The molecule has 0 spiro atoms. The van der Waals surface area contributed by atoms with Crippen LogP contribution in [0.3, 0.4) is 0 Å². The Bertz CT molecular complexity index is 794. The molecule has 0 amide bonds. The molecule has 0 unspecified atom stereocenters. The topological polar surface area (TPSA) is 56.7 Å². The van der Waals surface area contributed by atoms with Crippen LogP contribution in [0.5, 0.6) is 0 Å². The summed E-state index contributed by atoms with van der Waals surface area (Å²) in [5.74, 6) is 0.936. The molecule has 0 fully saturated rings. The number of benzene rings is 1. The van der Waals surface area contributed by atoms with E-state index in [4.69, 9.17) is 22.3 Å². The molecule has 0 saturated heterocycles. The lowest BCUT2D eigenvalue weighted by molar-refractivity contribution is 0.628. The van der Waals surface area contributed by atoms with Crippen LogP contribution in [0.25, 0.3) is 22.6 Å². The summed E-state index contributed by atoms with van der Waals surface area (Å²) in [6.45, 7) is 3.64. The van der Waals surface area contributed by atoms with Crippen LogP contribution in [0.4, 0.5) is 0 Å². The fraction of sp³-hybridized carbons (Fsp3) is 0.294. The number of rotatable bonds is 5. The average Bonchev–Trinajstić information content (AvgIpc) is 2.85. The molecule has 3 rings (SSSR count). The Morgan fingerprint density at radius 3 is 2.86 bits per heavy atom. The Morgan fingerprint density at radius 2 is 2.09 bits per heavy atom. The van der Waals surface area contributed by atoms with Crippen LogP contribution < -0.4 is 5.73 Å². The van der Waals surface area contributed by atoms with Crippen molar-refractivity contribution >= 4 is 22.8 Å². The van der Waals surface area contributed by atoms with Crippen molar-refractivity contribution in [1.29, 1.82) is 0 Å². The number of hydrogen-bond donors (Lipinski definition) is 1. The van der Waals surface area contributed by atoms with Gasteiger partial charge in [-0.05, 0) is 38.4 Å². The van der Waals surface area contributed by atoms with Crippen molar-refractivity contribution < 1.29 is 0 Å². The highest BCUT2D eigenvalue weighted by molar-refractivity contribution is 6.31. The first kappa shape index (κ1) is 15.0. The molecule has 5 heteroatoms. The van der Waals surface area contributed by atoms with E-state index in [2.05, 4.69) is 40.7 Å². The van der Waals surface area contributed by atoms with E-state index in [0.29, 0.717) is 11.6 Å². The van der Waals surface area contributed by atoms with E-state index in [1.54, 1.807) is 6.20 Å². The molecule has 0 aliphatic carbocycles. The number of fused-ring (bicyclic) bond motifs is 1. The second kappa shape index (κ2) is 6.46. The summed E-state index contributed by atoms with van der Waals surface area (Å²) < 4.78 is 2.16. The molecule has 0 bridgehead atoms. The molecule has 0 atom stereocenters. The maximum Gasteiger partial charge on any atom is 0.160 e. The number of pyridine rings is 1. The monoisotopic (exact) mass is 314 g/mol. The number of aryl methyl sites for hydroxylation is 2. The highest BCUT2D eigenvalue weighted by Crippen LogP contribution is 2.26. The van der Waals surface area contributed by atoms with Crippen LogP contribution in [0.1, 0.15) is 18.4 Å². The van der Waals surface area contributed by atoms with Gasteiger partial charge in [-0.15, -0.1) is 0 Å². The molecule has 0 saturated carbocycles. The Kier molecular flexibility index (Phi) is 4.41. The fourth-order valence-corrected chi connectivity index (χ4v) is 2.77. The summed E-state index contributed by atoms with van der Waals surface area (Å²) >= 11 is 6.05. The maximum absolute atomic E-state index is 6.05. The van der Waals surface area contributed by atoms with Crippen LogP contribution in [0.15, 0.2) is 36.5 Å². The summed E-state index contributed by atoms with van der Waals surface area (Å²) in [4.78, 5) is 9.21. The molecule has 114 valence electrons. The van der Waals surface area contributed by atoms with Crippen LogP contribution in [-0.2, 0) is 6.54 Å². The summed E-state index contributed by atoms with van der Waals surface area (Å²) in [6, 6.07) is 10.2. The third-order valence-corrected chi connectivity index (χ3v) is 3.87. The van der Waals surface area contributed by atoms with Gasteiger partial charge < -0.3 is 10.3 Å². The van der Waals surface area contributed by atoms with Crippen LogP contribution in [0.2, 0.25) is 5.02 Å². The molecule has 0 radical (unpaired) electrons. The van der Waals surface area contributed by atoms with Crippen molar-refractivity contribution in [3.8, 4) is 11.4 Å². The number of halogens is 1. The van der Waals surface area contributed by atoms with Gasteiger partial charge in [0.2, 0.25) is 0 Å². The predicted octanol–water partition coefficient (Wildman–Crippen LogP) is 3.80. The van der Waals surface area contributed by atoms with Crippen molar-refractivity contribution in [3.63, 3.8) is 0 Å². The van der Waals surface area contributed by atoms with E-state index < -0.39 is 0 Å². The van der Waals surface area contributed by atoms with Gasteiger partial charge in [-0.3, -0.25) is 0 Å². The largest absolute Gasteiger partial charge is 0.330 e. The third kappa shape index (κ3) is 2.98. The second-order valence-electron chi connectivity index (χ2n) is 5.45. The van der Waals surface area contributed by atoms with E-state index in [0.717, 1.165) is 41.9 Å². The highest BCUT2D eigenvalue weighted by atomic mass is 35.5. The number of hydrogen-bond acceptors (Lipinski definition) is 3. The number of nitrogens with zero attached hydrogens (tertiary/aromatic N) is 3. The van der Waals surface area contributed by atoms with Gasteiger partial charge in [0.15, 0.2) is 5.65 Å². The van der Waals surface area contributed by atoms with Gasteiger partial charge in [0.1, 0.15) is 11.3 Å². The molecule has 2 aromatic heterocycles. The summed E-state index contributed by atoms with van der Waals surface area (Å²) in [5, 5.41) is 0.606. The average molecular weight is 315 g/mol. The zero-order valence-electron chi connectivity index (χ0n) is 12.6. The van der Waals surface area contributed by atoms with Crippen LogP contribution in [-0.4, -0.2) is 21.1 Å². The van der Waals surface area contributed by atoms with Gasteiger partial charge in [-0.2, -0.15) is 0 Å². The summed E-state index contributed by atoms with van der Waals surface area (Å²) in [5.41, 5.74) is 9.63. The first-order chi connectivity index (χ1) is 10.7. The lowest BCUT2D eigenvalue weighted by Gasteiger charge is -2.09. The first-order valence-electron chi connectivity index (χ1n) is 7.48. The van der Waals surface area contributed by atoms with Gasteiger partial charge in [0.25, 0.3) is 0 Å². The molecule has 22 heavy (non-hydrogen) atoms. The molecule has 2 heterocycles. The number of unbranched alkanes of at least 4 members (excludes halogenated alkanes) is 1. The molecule has 0 aliphatic rings. The van der Waals surface area contributed by atoms with E-state index in [-0.39, 0.29) is 0 Å². The SMILES string of the molecule is Cc1cccc(-c2nc3cc(Cl)cnc3n2CCCCN)c1. The van der Waals surface area contributed by atoms with Gasteiger partial charge in [-0.1, -0.05) is 35.4 Å². The van der Waals surface area contributed by atoms with Crippen molar-refractivity contribution in [2.45, 2.75) is 26.3 Å². The van der Waals surface area contributed by atoms with Crippen molar-refractivity contribution in [1.82, 2.24) is 14.5 Å². The van der Waals surface area contributed by atoms with E-state index in [1.165, 1.54) is 5.56 Å². The van der Waals surface area contributed by atoms with Crippen molar-refractivity contribution in [3.05, 3.63) is 47.1 Å². The minimum atomic E-state index is 0.606. The maximum atomic E-state index is 6.05. The smallest absolute Gasteiger partial charge is 0.160 e. The zero-order valence-corrected chi connectivity index (χ0v) is 13.3. The van der Waals surface area contributed by atoms with E-state index in [1.807, 2.05) is 6.07 Å². The molecule has 1 aromatic carbocycles. The molecule has 3 aromatic rings.